The van der Waals surface area contributed by atoms with Crippen LogP contribution in [0.25, 0.3) is 0 Å². The quantitative estimate of drug-likeness (QED) is 0.733. The average Bonchev–Trinajstić information content (AvgIpc) is 2.92. The third-order valence-electron chi connectivity index (χ3n) is 3.85. The monoisotopic (exact) mass is 261 g/mol. The number of aromatic nitrogens is 2. The highest BCUT2D eigenvalue weighted by Gasteiger charge is 2.46. The Kier molecular flexibility index (Phi) is 3.02. The number of ketones is 1. The van der Waals surface area contributed by atoms with Crippen molar-refractivity contribution in [2.24, 2.45) is 0 Å². The zero-order valence-corrected chi connectivity index (χ0v) is 10.5. The summed E-state index contributed by atoms with van der Waals surface area (Å²) < 4.78 is 5.62. The van der Waals surface area contributed by atoms with Gasteiger partial charge < -0.3 is 9.64 Å². The number of carbonyl (C=O) groups is 2. The molecule has 1 unspecified atom stereocenters. The number of nitrogens with zero attached hydrogens (tertiary/aromatic N) is 3. The van der Waals surface area contributed by atoms with Crippen molar-refractivity contribution in [1.29, 1.82) is 0 Å². The Morgan fingerprint density at radius 1 is 1.37 bits per heavy atom. The van der Waals surface area contributed by atoms with Crippen LogP contribution in [0, 0.1) is 0 Å². The molecule has 0 radical (unpaired) electrons. The van der Waals surface area contributed by atoms with E-state index in [2.05, 4.69) is 10.2 Å². The molecule has 1 atom stereocenters. The van der Waals surface area contributed by atoms with Crippen LogP contribution in [0.3, 0.4) is 0 Å². The van der Waals surface area contributed by atoms with Gasteiger partial charge in [0, 0.05) is 19.6 Å². The van der Waals surface area contributed by atoms with Crippen LogP contribution in [0.15, 0.2) is 18.5 Å². The molecule has 2 fully saturated rings. The largest absolute Gasteiger partial charge is 0.367 e. The fourth-order valence-electron chi connectivity index (χ4n) is 2.74. The maximum absolute atomic E-state index is 12.2. The molecular formula is C13H15N3O3. The van der Waals surface area contributed by atoms with Crippen LogP contribution < -0.4 is 0 Å². The molecule has 2 aliphatic rings. The first-order valence-corrected chi connectivity index (χ1v) is 6.44. The van der Waals surface area contributed by atoms with E-state index in [1.807, 2.05) is 0 Å². The number of ether oxygens (including phenoxy) is 1. The van der Waals surface area contributed by atoms with Gasteiger partial charge in [0.2, 0.25) is 0 Å². The third-order valence-corrected chi connectivity index (χ3v) is 3.85. The van der Waals surface area contributed by atoms with Gasteiger partial charge in [0.1, 0.15) is 5.60 Å². The van der Waals surface area contributed by atoms with Crippen LogP contribution in [-0.4, -0.2) is 52.1 Å². The Morgan fingerprint density at radius 2 is 2.26 bits per heavy atom. The highest BCUT2D eigenvalue weighted by molar-refractivity contribution is 5.99. The molecule has 0 aromatic carbocycles. The van der Waals surface area contributed by atoms with E-state index in [-0.39, 0.29) is 18.2 Å². The molecule has 3 rings (SSSR count). The smallest absolute Gasteiger partial charge is 0.255 e. The highest BCUT2D eigenvalue weighted by atomic mass is 16.5. The Morgan fingerprint density at radius 3 is 2.89 bits per heavy atom. The summed E-state index contributed by atoms with van der Waals surface area (Å²) >= 11 is 0. The molecule has 19 heavy (non-hydrogen) atoms. The van der Waals surface area contributed by atoms with Crippen LogP contribution in [0.1, 0.15) is 29.6 Å². The molecular weight excluding hydrogens is 246 g/mol. The second-order valence-corrected chi connectivity index (χ2v) is 4.98. The van der Waals surface area contributed by atoms with Crippen molar-refractivity contribution in [2.45, 2.75) is 24.9 Å². The van der Waals surface area contributed by atoms with Crippen molar-refractivity contribution in [3.05, 3.63) is 24.0 Å². The Labute approximate surface area is 110 Å². The summed E-state index contributed by atoms with van der Waals surface area (Å²) in [5.41, 5.74) is -0.154. The second kappa shape index (κ2) is 4.70. The number of Topliss-reactive ketones (excluding diaryl/α,β-unsaturated/α-hetero) is 1. The van der Waals surface area contributed by atoms with E-state index in [0.29, 0.717) is 25.1 Å². The summed E-state index contributed by atoms with van der Waals surface area (Å²) in [5.74, 6) is -0.150. The number of rotatable bonds is 1. The van der Waals surface area contributed by atoms with Crippen molar-refractivity contribution in [3.8, 4) is 0 Å². The van der Waals surface area contributed by atoms with Crippen molar-refractivity contribution in [2.75, 3.05) is 19.7 Å². The molecule has 1 spiro atoms. The molecule has 2 aliphatic heterocycles. The average molecular weight is 261 g/mol. The van der Waals surface area contributed by atoms with Gasteiger partial charge in [-0.2, -0.15) is 10.2 Å². The lowest BCUT2D eigenvalue weighted by Crippen LogP contribution is -2.53. The van der Waals surface area contributed by atoms with Gasteiger partial charge in [-0.1, -0.05) is 0 Å². The molecule has 0 aliphatic carbocycles. The number of amides is 1. The number of likely N-dealkylation sites (tertiary alicyclic amines) is 1. The van der Waals surface area contributed by atoms with Crippen molar-refractivity contribution in [1.82, 2.24) is 15.1 Å². The number of hydrogen-bond acceptors (Lipinski definition) is 5. The van der Waals surface area contributed by atoms with Crippen molar-refractivity contribution in [3.63, 3.8) is 0 Å². The van der Waals surface area contributed by atoms with Gasteiger partial charge in [0.15, 0.2) is 5.78 Å². The predicted octanol–water partition coefficient (Wildman–Crippen LogP) is 0.441. The lowest BCUT2D eigenvalue weighted by molar-refractivity contribution is -0.144. The van der Waals surface area contributed by atoms with Gasteiger partial charge >= 0.3 is 0 Å². The highest BCUT2D eigenvalue weighted by Crippen LogP contribution is 2.33. The lowest BCUT2D eigenvalue weighted by Gasteiger charge is -2.37. The van der Waals surface area contributed by atoms with E-state index in [1.54, 1.807) is 11.0 Å². The lowest BCUT2D eigenvalue weighted by atomic mass is 9.87. The second-order valence-electron chi connectivity index (χ2n) is 4.98. The van der Waals surface area contributed by atoms with Crippen LogP contribution in [0.2, 0.25) is 0 Å². The van der Waals surface area contributed by atoms with Crippen LogP contribution in [-0.2, 0) is 9.53 Å². The fraction of sp³-hybridized carbons (Fsp3) is 0.538. The first kappa shape index (κ1) is 12.2. The van der Waals surface area contributed by atoms with Crippen LogP contribution >= 0.6 is 0 Å². The Bertz CT molecular complexity index is 497. The molecule has 1 aromatic heterocycles. The molecule has 6 heteroatoms. The first-order chi connectivity index (χ1) is 9.21. The maximum atomic E-state index is 12.2. The van der Waals surface area contributed by atoms with E-state index in [1.165, 1.54) is 12.4 Å². The minimum atomic E-state index is -0.618. The zero-order chi connectivity index (χ0) is 13.3. The van der Waals surface area contributed by atoms with E-state index in [9.17, 15) is 9.59 Å². The maximum Gasteiger partial charge on any atom is 0.255 e. The Hall–Kier alpha value is -1.82. The molecule has 2 saturated heterocycles. The first-order valence-electron chi connectivity index (χ1n) is 6.44. The topological polar surface area (TPSA) is 72.4 Å². The summed E-state index contributed by atoms with van der Waals surface area (Å²) in [4.78, 5) is 26.0. The number of hydrogen-bond donors (Lipinski definition) is 0. The van der Waals surface area contributed by atoms with Gasteiger partial charge in [-0.05, 0) is 18.9 Å². The Balaban J connectivity index is 1.72. The van der Waals surface area contributed by atoms with Gasteiger partial charge in [0.25, 0.3) is 5.91 Å². The predicted molar refractivity (Wildman–Crippen MR) is 65.5 cm³/mol. The van der Waals surface area contributed by atoms with Gasteiger partial charge in [-0.25, -0.2) is 0 Å². The minimum absolute atomic E-state index is 0.0200. The molecule has 0 N–H and O–H groups in total. The zero-order valence-electron chi connectivity index (χ0n) is 10.5. The molecule has 100 valence electrons. The summed E-state index contributed by atoms with van der Waals surface area (Å²) in [6.07, 6.45) is 5.19. The molecule has 1 aromatic rings. The number of piperidine rings is 1. The molecule has 1 amide bonds. The molecule has 6 nitrogen and oxygen atoms in total. The third kappa shape index (κ3) is 2.12. The molecule has 0 saturated carbocycles. The summed E-state index contributed by atoms with van der Waals surface area (Å²) in [5, 5.41) is 7.32. The van der Waals surface area contributed by atoms with Crippen molar-refractivity contribution < 1.29 is 14.3 Å². The standard InChI is InChI=1S/C13H15N3O3/c17-11-9-16(6-4-13(11)3-1-7-19-13)12(18)10-2-5-14-15-8-10/h2,5,8H,1,3-4,6-7,9H2. The molecule has 0 bridgehead atoms. The van der Waals surface area contributed by atoms with Gasteiger partial charge in [-0.15, -0.1) is 0 Å². The summed E-state index contributed by atoms with van der Waals surface area (Å²) in [7, 11) is 0. The van der Waals surface area contributed by atoms with E-state index in [0.717, 1.165) is 12.8 Å². The fourth-order valence-corrected chi connectivity index (χ4v) is 2.74. The van der Waals surface area contributed by atoms with Crippen molar-refractivity contribution >= 4 is 11.7 Å². The molecule has 3 heterocycles. The minimum Gasteiger partial charge on any atom is -0.367 e. The normalized spacial score (nSPS) is 26.9. The summed E-state index contributed by atoms with van der Waals surface area (Å²) in [6.45, 7) is 1.32. The van der Waals surface area contributed by atoms with Gasteiger partial charge in [0.05, 0.1) is 24.5 Å². The van der Waals surface area contributed by atoms with Gasteiger partial charge in [-0.3, -0.25) is 9.59 Å². The van der Waals surface area contributed by atoms with Crippen LogP contribution in [0.4, 0.5) is 0 Å². The SMILES string of the molecule is O=C(c1ccnnc1)N1CCC2(CCCO2)C(=O)C1. The van der Waals surface area contributed by atoms with E-state index < -0.39 is 5.60 Å². The van der Waals surface area contributed by atoms with E-state index in [4.69, 9.17) is 4.74 Å². The van der Waals surface area contributed by atoms with Crippen LogP contribution in [0.5, 0.6) is 0 Å². The summed E-state index contributed by atoms with van der Waals surface area (Å²) in [6, 6.07) is 1.61. The number of carbonyl (C=O) groups excluding carboxylic acids is 2. The van der Waals surface area contributed by atoms with E-state index >= 15 is 0 Å².